The van der Waals surface area contributed by atoms with Crippen LogP contribution in [0.15, 0.2) is 33.3 Å². The third-order valence-corrected chi connectivity index (χ3v) is 5.00. The molecule has 0 bridgehead atoms. The van der Waals surface area contributed by atoms with Crippen molar-refractivity contribution in [1.29, 1.82) is 0 Å². The smallest absolute Gasteiger partial charge is 0.236 e. The molecule has 1 aromatic carbocycles. The predicted molar refractivity (Wildman–Crippen MR) is 92.1 cm³/mol. The van der Waals surface area contributed by atoms with Gasteiger partial charge in [-0.05, 0) is 44.4 Å². The maximum absolute atomic E-state index is 6.40. The van der Waals surface area contributed by atoms with Crippen molar-refractivity contribution in [3.8, 4) is 0 Å². The molecule has 1 saturated carbocycles. The molecule has 1 aliphatic carbocycles. The Labute approximate surface area is 145 Å². The van der Waals surface area contributed by atoms with Gasteiger partial charge in [0.1, 0.15) is 0 Å². The topological polar surface area (TPSA) is 64.9 Å². The van der Waals surface area contributed by atoms with E-state index >= 15 is 0 Å². The Morgan fingerprint density at radius 1 is 1.18 bits per heavy atom. The highest BCUT2D eigenvalue weighted by Gasteiger charge is 2.38. The molecule has 22 heavy (non-hydrogen) atoms. The van der Waals surface area contributed by atoms with Crippen LogP contribution in [-0.2, 0) is 11.0 Å². The van der Waals surface area contributed by atoms with Crippen LogP contribution in [0.4, 0.5) is 0 Å². The van der Waals surface area contributed by atoms with E-state index in [9.17, 15) is 0 Å². The summed E-state index contributed by atoms with van der Waals surface area (Å²) >= 11 is 3.46. The second kappa shape index (κ2) is 6.30. The number of nitrogens with two attached hydrogens (primary N) is 1. The maximum atomic E-state index is 6.40. The molecular weight excluding hydrogens is 366 g/mol. The zero-order valence-corrected chi connectivity index (χ0v) is 15.2. The molecule has 0 atom stereocenters. The molecule has 120 valence electrons. The van der Waals surface area contributed by atoms with Gasteiger partial charge >= 0.3 is 0 Å². The molecule has 0 unspecified atom stereocenters. The average molecular weight is 387 g/mol. The number of halogens is 2. The molecule has 0 saturated heterocycles. The first-order valence-electron chi connectivity index (χ1n) is 7.31. The summed E-state index contributed by atoms with van der Waals surface area (Å²) in [4.78, 5) is 4.62. The molecule has 0 radical (unpaired) electrons. The van der Waals surface area contributed by atoms with Gasteiger partial charge in [0.2, 0.25) is 5.89 Å². The van der Waals surface area contributed by atoms with Crippen LogP contribution in [0.3, 0.4) is 0 Å². The number of aromatic nitrogens is 2. The fourth-order valence-electron chi connectivity index (χ4n) is 2.90. The van der Waals surface area contributed by atoms with E-state index < -0.39 is 5.54 Å². The molecule has 4 nitrogen and oxygen atoms in total. The normalized spacial score (nSPS) is 17.3. The van der Waals surface area contributed by atoms with Crippen molar-refractivity contribution in [1.82, 2.24) is 10.1 Å². The highest BCUT2D eigenvalue weighted by Crippen LogP contribution is 2.37. The highest BCUT2D eigenvalue weighted by atomic mass is 79.9. The third-order valence-electron chi connectivity index (χ3n) is 4.47. The van der Waals surface area contributed by atoms with E-state index in [4.69, 9.17) is 10.3 Å². The van der Waals surface area contributed by atoms with Crippen molar-refractivity contribution in [2.24, 2.45) is 5.73 Å². The van der Waals surface area contributed by atoms with Gasteiger partial charge in [-0.3, -0.25) is 0 Å². The largest absolute Gasteiger partial charge is 0.338 e. The Bertz CT molecular complexity index is 633. The van der Waals surface area contributed by atoms with Gasteiger partial charge in [0, 0.05) is 4.47 Å². The molecule has 1 aliphatic rings. The summed E-state index contributed by atoms with van der Waals surface area (Å²) < 4.78 is 6.59. The van der Waals surface area contributed by atoms with E-state index in [2.05, 4.69) is 52.1 Å². The summed E-state index contributed by atoms with van der Waals surface area (Å²) in [7, 11) is 0. The van der Waals surface area contributed by atoms with Crippen molar-refractivity contribution in [2.45, 2.75) is 50.5 Å². The molecule has 0 spiro atoms. The predicted octanol–water partition coefficient (Wildman–Crippen LogP) is 4.31. The Morgan fingerprint density at radius 3 is 2.36 bits per heavy atom. The van der Waals surface area contributed by atoms with Crippen LogP contribution in [0.1, 0.15) is 56.8 Å². The molecule has 0 amide bonds. The zero-order valence-electron chi connectivity index (χ0n) is 12.8. The molecule has 6 heteroatoms. The Kier molecular flexibility index (Phi) is 5.00. The van der Waals surface area contributed by atoms with Gasteiger partial charge in [0.25, 0.3) is 0 Å². The van der Waals surface area contributed by atoms with Crippen LogP contribution in [0.25, 0.3) is 0 Å². The molecule has 1 fully saturated rings. The van der Waals surface area contributed by atoms with Gasteiger partial charge in [0.15, 0.2) is 5.82 Å². The van der Waals surface area contributed by atoms with Gasteiger partial charge in [-0.1, -0.05) is 46.1 Å². The lowest BCUT2D eigenvalue weighted by Gasteiger charge is -2.21. The number of nitrogens with zero attached hydrogens (tertiary/aromatic N) is 2. The van der Waals surface area contributed by atoms with E-state index in [1.54, 1.807) is 0 Å². The van der Waals surface area contributed by atoms with Crippen LogP contribution in [-0.4, -0.2) is 10.1 Å². The molecule has 2 N–H and O–H groups in total. The minimum Gasteiger partial charge on any atom is -0.338 e. The van der Waals surface area contributed by atoms with Gasteiger partial charge < -0.3 is 10.3 Å². The van der Waals surface area contributed by atoms with Crippen LogP contribution in [0, 0.1) is 0 Å². The molecule has 1 heterocycles. The number of hydrogen-bond acceptors (Lipinski definition) is 4. The average Bonchev–Trinajstić information content (AvgIpc) is 3.09. The van der Waals surface area contributed by atoms with Crippen LogP contribution in [0.5, 0.6) is 0 Å². The van der Waals surface area contributed by atoms with E-state index in [1.807, 2.05) is 12.1 Å². The van der Waals surface area contributed by atoms with Crippen molar-refractivity contribution in [2.75, 3.05) is 0 Å². The second-order valence-corrected chi connectivity index (χ2v) is 7.33. The minimum atomic E-state index is -0.405. The molecular formula is C16H21BrClN3O. The second-order valence-electron chi connectivity index (χ2n) is 6.42. The highest BCUT2D eigenvalue weighted by molar-refractivity contribution is 9.10. The lowest BCUT2D eigenvalue weighted by Crippen LogP contribution is -2.34. The van der Waals surface area contributed by atoms with Crippen molar-refractivity contribution in [3.63, 3.8) is 0 Å². The van der Waals surface area contributed by atoms with Gasteiger partial charge in [-0.2, -0.15) is 4.98 Å². The summed E-state index contributed by atoms with van der Waals surface area (Å²) in [5, 5.41) is 4.16. The first-order valence-corrected chi connectivity index (χ1v) is 8.11. The van der Waals surface area contributed by atoms with Gasteiger partial charge in [-0.25, -0.2) is 0 Å². The first-order chi connectivity index (χ1) is 9.92. The fourth-order valence-corrected chi connectivity index (χ4v) is 3.16. The Hall–Kier alpha value is -0.910. The summed E-state index contributed by atoms with van der Waals surface area (Å²) in [6.45, 7) is 4.18. The van der Waals surface area contributed by atoms with E-state index in [0.717, 1.165) is 35.7 Å². The van der Waals surface area contributed by atoms with E-state index in [-0.39, 0.29) is 17.8 Å². The summed E-state index contributed by atoms with van der Waals surface area (Å²) in [6, 6.07) is 8.19. The van der Waals surface area contributed by atoms with Gasteiger partial charge in [-0.15, -0.1) is 12.4 Å². The zero-order chi connectivity index (χ0) is 15.1. The van der Waals surface area contributed by atoms with Crippen LogP contribution in [0.2, 0.25) is 0 Å². The number of benzene rings is 1. The van der Waals surface area contributed by atoms with Crippen LogP contribution >= 0.6 is 28.3 Å². The molecule has 3 rings (SSSR count). The van der Waals surface area contributed by atoms with E-state index in [1.165, 1.54) is 0 Å². The number of rotatable bonds is 3. The fraction of sp³-hybridized carbons (Fsp3) is 0.500. The first kappa shape index (κ1) is 17.4. The van der Waals surface area contributed by atoms with Crippen molar-refractivity contribution in [3.05, 3.63) is 46.0 Å². The maximum Gasteiger partial charge on any atom is 0.236 e. The minimum absolute atomic E-state index is 0. The van der Waals surface area contributed by atoms with Gasteiger partial charge in [0.05, 0.1) is 11.0 Å². The Balaban J connectivity index is 0.00000176. The Morgan fingerprint density at radius 2 is 1.77 bits per heavy atom. The summed E-state index contributed by atoms with van der Waals surface area (Å²) in [5.41, 5.74) is 6.80. The van der Waals surface area contributed by atoms with Crippen molar-refractivity contribution >= 4 is 28.3 Å². The standard InChI is InChI=1S/C16H20BrN3O.ClH/c1-15(2,11-5-7-12(17)8-6-11)14-19-13(20-21-14)16(18)9-3-4-10-16;/h5-8H,3-4,9-10,18H2,1-2H3;1H. The van der Waals surface area contributed by atoms with Crippen LogP contribution < -0.4 is 5.73 Å². The molecule has 1 aromatic heterocycles. The lowest BCUT2D eigenvalue weighted by molar-refractivity contribution is 0.318. The van der Waals surface area contributed by atoms with Crippen molar-refractivity contribution < 1.29 is 4.52 Å². The quantitative estimate of drug-likeness (QED) is 0.853. The number of hydrogen-bond donors (Lipinski definition) is 1. The van der Waals surface area contributed by atoms with E-state index in [0.29, 0.717) is 11.7 Å². The summed E-state index contributed by atoms with van der Waals surface area (Å²) in [6.07, 6.45) is 4.14. The third kappa shape index (κ3) is 3.07. The SMILES string of the molecule is CC(C)(c1ccc(Br)cc1)c1nc(C2(N)CCCC2)no1.Cl. The molecule has 2 aromatic rings. The summed E-state index contributed by atoms with van der Waals surface area (Å²) in [5.74, 6) is 1.27. The molecule has 0 aliphatic heterocycles. The monoisotopic (exact) mass is 385 g/mol. The lowest BCUT2D eigenvalue weighted by atomic mass is 9.84.